The fraction of sp³-hybridized carbons (Fsp3) is 0.419. The highest BCUT2D eigenvalue weighted by molar-refractivity contribution is 5.86. The number of amides is 2. The predicted octanol–water partition coefficient (Wildman–Crippen LogP) is 5.41. The molecule has 2 unspecified atom stereocenters. The second-order valence-electron chi connectivity index (χ2n) is 10.5. The average molecular weight is 520 g/mol. The number of halogens is 1. The lowest BCUT2D eigenvalue weighted by molar-refractivity contribution is -0.139. The molecule has 2 heterocycles. The molecule has 2 amide bonds. The van der Waals surface area contributed by atoms with Crippen molar-refractivity contribution in [3.05, 3.63) is 83.9 Å². The van der Waals surface area contributed by atoms with Crippen molar-refractivity contribution in [2.75, 3.05) is 32.7 Å². The van der Waals surface area contributed by atoms with Crippen molar-refractivity contribution in [3.8, 4) is 0 Å². The van der Waals surface area contributed by atoms with Gasteiger partial charge in [0.25, 0.3) is 0 Å². The van der Waals surface area contributed by atoms with Gasteiger partial charge < -0.3 is 15.1 Å². The zero-order valence-electron chi connectivity index (χ0n) is 21.8. The number of rotatable bonds is 6. The molecule has 0 bridgehead atoms. The van der Waals surface area contributed by atoms with Crippen LogP contribution >= 0.6 is 12.4 Å². The minimum absolute atomic E-state index is 0. The normalized spacial score (nSPS) is 21.0. The molecular formula is C31H38ClN3O2. The van der Waals surface area contributed by atoms with E-state index in [9.17, 15) is 9.59 Å². The van der Waals surface area contributed by atoms with Gasteiger partial charge in [0.2, 0.25) is 11.8 Å². The van der Waals surface area contributed by atoms with Crippen molar-refractivity contribution < 1.29 is 9.59 Å². The number of hydrogen-bond donors (Lipinski definition) is 1. The molecule has 2 aliphatic rings. The van der Waals surface area contributed by atoms with Gasteiger partial charge in [-0.1, -0.05) is 72.8 Å². The number of carbonyl (C=O) groups excluding carboxylic acids is 2. The van der Waals surface area contributed by atoms with Gasteiger partial charge in [-0.2, -0.15) is 0 Å². The van der Waals surface area contributed by atoms with Gasteiger partial charge in [0, 0.05) is 57.5 Å². The third-order valence-electron chi connectivity index (χ3n) is 8.25. The van der Waals surface area contributed by atoms with Crippen molar-refractivity contribution in [1.29, 1.82) is 0 Å². The van der Waals surface area contributed by atoms with E-state index >= 15 is 0 Å². The molecule has 1 N–H and O–H groups in total. The van der Waals surface area contributed by atoms with Crippen molar-refractivity contribution in [1.82, 2.24) is 15.1 Å². The highest BCUT2D eigenvalue weighted by Gasteiger charge is 2.39. The second-order valence-corrected chi connectivity index (χ2v) is 10.5. The van der Waals surface area contributed by atoms with E-state index in [1.807, 2.05) is 4.90 Å². The van der Waals surface area contributed by atoms with Crippen LogP contribution in [0.25, 0.3) is 10.8 Å². The van der Waals surface area contributed by atoms with Gasteiger partial charge in [0.15, 0.2) is 0 Å². The van der Waals surface area contributed by atoms with E-state index in [1.54, 1.807) is 6.92 Å². The lowest BCUT2D eigenvalue weighted by Crippen LogP contribution is -2.43. The number of benzene rings is 3. The molecule has 0 aromatic heterocycles. The first-order valence-electron chi connectivity index (χ1n) is 13.3. The molecule has 0 spiro atoms. The Bertz CT molecular complexity index is 1200. The summed E-state index contributed by atoms with van der Waals surface area (Å²) in [7, 11) is 0. The quantitative estimate of drug-likeness (QED) is 0.473. The fourth-order valence-corrected chi connectivity index (χ4v) is 6.10. The molecule has 2 fully saturated rings. The van der Waals surface area contributed by atoms with E-state index in [0.29, 0.717) is 24.9 Å². The fourth-order valence-electron chi connectivity index (χ4n) is 6.10. The smallest absolute Gasteiger partial charge is 0.225 e. The Kier molecular flexibility index (Phi) is 8.88. The lowest BCUT2D eigenvalue weighted by atomic mass is 9.88. The van der Waals surface area contributed by atoms with Gasteiger partial charge in [0.1, 0.15) is 0 Å². The molecular weight excluding hydrogens is 482 g/mol. The Morgan fingerprint density at radius 3 is 2.30 bits per heavy atom. The molecule has 0 radical (unpaired) electrons. The molecule has 196 valence electrons. The molecule has 0 saturated carbocycles. The van der Waals surface area contributed by atoms with Gasteiger partial charge >= 0.3 is 0 Å². The first-order valence-corrected chi connectivity index (χ1v) is 13.3. The number of likely N-dealkylation sites (tertiary alicyclic amines) is 2. The summed E-state index contributed by atoms with van der Waals surface area (Å²) in [5, 5.41) is 6.36. The van der Waals surface area contributed by atoms with Crippen molar-refractivity contribution in [2.45, 2.75) is 38.6 Å². The summed E-state index contributed by atoms with van der Waals surface area (Å²) >= 11 is 0. The van der Waals surface area contributed by atoms with Crippen LogP contribution in [0.15, 0.2) is 72.8 Å². The first kappa shape index (κ1) is 27.2. The van der Waals surface area contributed by atoms with E-state index in [-0.39, 0.29) is 36.2 Å². The van der Waals surface area contributed by atoms with Crippen molar-refractivity contribution in [3.63, 3.8) is 0 Å². The van der Waals surface area contributed by atoms with Crippen LogP contribution in [0, 0.1) is 11.8 Å². The average Bonchev–Trinajstić information content (AvgIpc) is 3.36. The Morgan fingerprint density at radius 2 is 1.57 bits per heavy atom. The maximum Gasteiger partial charge on any atom is 0.225 e. The topological polar surface area (TPSA) is 52.7 Å². The number of hydrogen-bond acceptors (Lipinski definition) is 3. The van der Waals surface area contributed by atoms with Gasteiger partial charge in [-0.15, -0.1) is 12.4 Å². The summed E-state index contributed by atoms with van der Waals surface area (Å²) in [5.41, 5.74) is 2.62. The Morgan fingerprint density at radius 1 is 0.892 bits per heavy atom. The molecule has 3 aromatic rings. The third kappa shape index (κ3) is 6.00. The molecule has 5 nitrogen and oxygen atoms in total. The standard InChI is InChI=1S/C31H37N3O2.ClH/c1-22(28-14-8-12-24-11-6-7-13-29(24)28)32-19-27-20-34(21-30(27)25-9-4-3-5-10-25)31(36)26-15-17-33(18-16-26)23(2)35;/h3-14,22,26-27,30,32H,15-21H2,1-2H3;1H/t22-,27?,30?;/m1./s1. The maximum atomic E-state index is 13.5. The summed E-state index contributed by atoms with van der Waals surface area (Å²) in [6.07, 6.45) is 1.54. The maximum absolute atomic E-state index is 13.5. The van der Waals surface area contributed by atoms with Crippen LogP contribution in [0.4, 0.5) is 0 Å². The van der Waals surface area contributed by atoms with Crippen LogP contribution in [0.1, 0.15) is 49.8 Å². The van der Waals surface area contributed by atoms with Gasteiger partial charge in [-0.25, -0.2) is 0 Å². The number of piperidine rings is 1. The monoisotopic (exact) mass is 519 g/mol. The molecule has 2 saturated heterocycles. The van der Waals surface area contributed by atoms with Crippen molar-refractivity contribution >= 4 is 35.0 Å². The third-order valence-corrected chi connectivity index (χ3v) is 8.25. The predicted molar refractivity (Wildman–Crippen MR) is 152 cm³/mol. The van der Waals surface area contributed by atoms with E-state index in [2.05, 4.69) is 89.9 Å². The van der Waals surface area contributed by atoms with Crippen molar-refractivity contribution in [2.24, 2.45) is 11.8 Å². The van der Waals surface area contributed by atoms with E-state index < -0.39 is 0 Å². The Balaban J connectivity index is 0.00000320. The largest absolute Gasteiger partial charge is 0.343 e. The Hall–Kier alpha value is -2.89. The number of nitrogens with one attached hydrogen (secondary N) is 1. The zero-order chi connectivity index (χ0) is 25.1. The number of nitrogens with zero attached hydrogens (tertiary/aromatic N) is 2. The van der Waals surface area contributed by atoms with Crippen LogP contribution in [0.5, 0.6) is 0 Å². The zero-order valence-corrected chi connectivity index (χ0v) is 22.6. The van der Waals surface area contributed by atoms with E-state index in [1.165, 1.54) is 21.9 Å². The van der Waals surface area contributed by atoms with Gasteiger partial charge in [-0.3, -0.25) is 9.59 Å². The van der Waals surface area contributed by atoms with E-state index in [0.717, 1.165) is 32.5 Å². The van der Waals surface area contributed by atoms with Crippen LogP contribution in [-0.2, 0) is 9.59 Å². The first-order chi connectivity index (χ1) is 17.5. The Labute approximate surface area is 226 Å². The van der Waals surface area contributed by atoms with Crippen LogP contribution in [0.3, 0.4) is 0 Å². The van der Waals surface area contributed by atoms with Gasteiger partial charge in [0.05, 0.1) is 0 Å². The lowest BCUT2D eigenvalue weighted by Gasteiger charge is -2.32. The molecule has 3 atom stereocenters. The number of carbonyl (C=O) groups is 2. The molecule has 5 rings (SSSR count). The van der Waals surface area contributed by atoms with Crippen LogP contribution < -0.4 is 5.32 Å². The molecule has 0 aliphatic carbocycles. The molecule has 37 heavy (non-hydrogen) atoms. The minimum Gasteiger partial charge on any atom is -0.343 e. The minimum atomic E-state index is 0. The summed E-state index contributed by atoms with van der Waals surface area (Å²) in [6.45, 7) is 7.64. The van der Waals surface area contributed by atoms with E-state index in [4.69, 9.17) is 0 Å². The second kappa shape index (κ2) is 12.1. The summed E-state index contributed by atoms with van der Waals surface area (Å²) < 4.78 is 0. The van der Waals surface area contributed by atoms with Crippen LogP contribution in [0.2, 0.25) is 0 Å². The van der Waals surface area contributed by atoms with Gasteiger partial charge in [-0.05, 0) is 47.6 Å². The molecule has 2 aliphatic heterocycles. The summed E-state index contributed by atoms with van der Waals surface area (Å²) in [4.78, 5) is 29.2. The summed E-state index contributed by atoms with van der Waals surface area (Å²) in [5.74, 6) is 1.07. The molecule has 3 aromatic carbocycles. The number of fused-ring (bicyclic) bond motifs is 1. The van der Waals surface area contributed by atoms with Crippen LogP contribution in [-0.4, -0.2) is 54.3 Å². The SMILES string of the molecule is CC(=O)N1CCC(C(=O)N2CC(CN[C@H](C)c3cccc4ccccc34)C(c3ccccc3)C2)CC1.Cl. The summed E-state index contributed by atoms with van der Waals surface area (Å²) in [6, 6.07) is 25.9. The highest BCUT2D eigenvalue weighted by Crippen LogP contribution is 2.35. The molecule has 6 heteroatoms. The highest BCUT2D eigenvalue weighted by atomic mass is 35.5.